The molecule has 4 aromatic rings. The van der Waals surface area contributed by atoms with Crippen molar-refractivity contribution < 1.29 is 20.4 Å². The molecule has 0 aromatic heterocycles. The van der Waals surface area contributed by atoms with E-state index in [0.717, 1.165) is 22.3 Å². The molecule has 0 fully saturated rings. The van der Waals surface area contributed by atoms with E-state index in [2.05, 4.69) is 55.4 Å². The van der Waals surface area contributed by atoms with Crippen molar-refractivity contribution in [2.75, 3.05) is 0 Å². The maximum absolute atomic E-state index is 10.2. The zero-order valence-corrected chi connectivity index (χ0v) is 25.5. The Morgan fingerprint density at radius 1 is 0.293 bits per heavy atom. The van der Waals surface area contributed by atoms with E-state index in [-0.39, 0.29) is 23.0 Å². The number of hydrogen-bond acceptors (Lipinski definition) is 4. The van der Waals surface area contributed by atoms with Crippen LogP contribution in [0.25, 0.3) is 0 Å². The van der Waals surface area contributed by atoms with Crippen LogP contribution in [0.5, 0.6) is 23.0 Å². The number of phenolic OH excluding ortho intramolecular Hbond substituents is 4. The highest BCUT2D eigenvalue weighted by molar-refractivity contribution is 5.50. The summed E-state index contributed by atoms with van der Waals surface area (Å²) in [6.07, 6.45) is 0. The van der Waals surface area contributed by atoms with Gasteiger partial charge in [-0.1, -0.05) is 104 Å². The van der Waals surface area contributed by atoms with Crippen molar-refractivity contribution in [2.45, 2.75) is 77.0 Å². The van der Waals surface area contributed by atoms with Crippen LogP contribution in [0.4, 0.5) is 0 Å². The van der Waals surface area contributed by atoms with Crippen LogP contribution < -0.4 is 0 Å². The van der Waals surface area contributed by atoms with Crippen LogP contribution in [-0.2, 0) is 21.7 Å². The van der Waals surface area contributed by atoms with Gasteiger partial charge in [0.2, 0.25) is 0 Å². The molecule has 0 amide bonds. The molecule has 0 atom stereocenters. The molecule has 41 heavy (non-hydrogen) atoms. The van der Waals surface area contributed by atoms with Gasteiger partial charge in [-0.15, -0.1) is 0 Å². The molecule has 4 aromatic carbocycles. The van der Waals surface area contributed by atoms with Gasteiger partial charge in [-0.2, -0.15) is 0 Å². The first-order valence-electron chi connectivity index (χ1n) is 14.2. The molecule has 0 unspecified atom stereocenters. The summed E-state index contributed by atoms with van der Waals surface area (Å²) in [5.74, 6) is 0.846. The minimum absolute atomic E-state index is 0.212. The maximum atomic E-state index is 10.2. The number of aromatic hydroxyl groups is 4. The molecule has 4 nitrogen and oxygen atoms in total. The largest absolute Gasteiger partial charge is 0.508 e. The Bertz CT molecular complexity index is 1240. The molecule has 0 bridgehead atoms. The van der Waals surface area contributed by atoms with E-state index in [9.17, 15) is 20.4 Å². The summed E-state index contributed by atoms with van der Waals surface area (Å²) in [7, 11) is 0. The predicted octanol–water partition coefficient (Wildman–Crippen LogP) is 8.71. The molecular weight excluding hydrogens is 508 g/mol. The highest BCUT2D eigenvalue weighted by Crippen LogP contribution is 2.71. The smallest absolute Gasteiger partial charge is 0.115 e. The second kappa shape index (κ2) is 10.2. The van der Waals surface area contributed by atoms with Crippen molar-refractivity contribution in [1.82, 2.24) is 0 Å². The summed E-state index contributed by atoms with van der Waals surface area (Å²) in [4.78, 5) is 0. The van der Waals surface area contributed by atoms with Gasteiger partial charge in [0.05, 0.1) is 0 Å². The topological polar surface area (TPSA) is 80.9 Å². The Kier molecular flexibility index (Phi) is 7.45. The lowest BCUT2D eigenvalue weighted by Crippen LogP contribution is -2.70. The van der Waals surface area contributed by atoms with Crippen molar-refractivity contribution in [3.8, 4) is 23.0 Å². The highest BCUT2D eigenvalue weighted by atomic mass is 16.3. The first-order chi connectivity index (χ1) is 19.0. The molecule has 4 heteroatoms. The lowest BCUT2D eigenvalue weighted by molar-refractivity contribution is -0.0904. The minimum atomic E-state index is -0.651. The Hall–Kier alpha value is -3.92. The maximum Gasteiger partial charge on any atom is 0.115 e. The van der Waals surface area contributed by atoms with Crippen LogP contribution in [0, 0.1) is 5.41 Å². The van der Waals surface area contributed by atoms with Gasteiger partial charge in [0, 0.05) is 5.41 Å². The third kappa shape index (κ3) is 4.54. The van der Waals surface area contributed by atoms with E-state index in [1.54, 1.807) is 48.5 Å². The molecule has 0 radical (unpaired) electrons. The van der Waals surface area contributed by atoms with Gasteiger partial charge in [-0.05, 0) is 92.4 Å². The van der Waals surface area contributed by atoms with E-state index >= 15 is 0 Å². The molecule has 0 aliphatic heterocycles. The van der Waals surface area contributed by atoms with Gasteiger partial charge in [0.25, 0.3) is 0 Å². The highest BCUT2D eigenvalue weighted by Gasteiger charge is 2.70. The van der Waals surface area contributed by atoms with Gasteiger partial charge in [-0.3, -0.25) is 0 Å². The molecule has 4 rings (SSSR count). The predicted molar refractivity (Wildman–Crippen MR) is 167 cm³/mol. The Labute approximate surface area is 245 Å². The Balaban J connectivity index is 2.24. The van der Waals surface area contributed by atoms with Crippen LogP contribution >= 0.6 is 0 Å². The first-order valence-corrected chi connectivity index (χ1v) is 14.2. The lowest BCUT2D eigenvalue weighted by atomic mass is 9.32. The van der Waals surface area contributed by atoms with Gasteiger partial charge in [0.15, 0.2) is 0 Å². The van der Waals surface area contributed by atoms with Crippen LogP contribution in [0.3, 0.4) is 0 Å². The monoisotopic (exact) mass is 552 g/mol. The van der Waals surface area contributed by atoms with E-state index < -0.39 is 27.1 Å². The summed E-state index contributed by atoms with van der Waals surface area (Å²) in [6, 6.07) is 30.1. The SMILES string of the molecule is CC(C)(c1ccc(O)cc1)C(C(C)(C)c1ccc(O)cc1)(C(C)(C)c1ccc(O)cc1)C(C)(C)c1ccc(O)cc1. The molecule has 0 aliphatic rings. The van der Waals surface area contributed by atoms with Crippen molar-refractivity contribution in [1.29, 1.82) is 0 Å². The van der Waals surface area contributed by atoms with Crippen LogP contribution in [-0.4, -0.2) is 20.4 Å². The Morgan fingerprint density at radius 3 is 0.585 bits per heavy atom. The molecule has 0 spiro atoms. The molecule has 0 aliphatic carbocycles. The molecule has 0 saturated carbocycles. The summed E-state index contributed by atoms with van der Waals surface area (Å²) >= 11 is 0. The molecule has 216 valence electrons. The van der Waals surface area contributed by atoms with E-state index in [4.69, 9.17) is 0 Å². The Morgan fingerprint density at radius 2 is 0.439 bits per heavy atom. The first kappa shape index (κ1) is 30.0. The molecular formula is C37H44O4. The molecule has 0 saturated heterocycles. The normalized spacial score (nSPS) is 13.3. The van der Waals surface area contributed by atoms with Crippen LogP contribution in [0.2, 0.25) is 0 Å². The second-order valence-corrected chi connectivity index (χ2v) is 13.4. The average molecular weight is 553 g/mol. The van der Waals surface area contributed by atoms with Crippen molar-refractivity contribution in [3.63, 3.8) is 0 Å². The number of phenols is 4. The van der Waals surface area contributed by atoms with Crippen molar-refractivity contribution >= 4 is 0 Å². The number of benzene rings is 4. The van der Waals surface area contributed by atoms with E-state index in [1.807, 2.05) is 48.5 Å². The third-order valence-corrected chi connectivity index (χ3v) is 10.1. The second-order valence-electron chi connectivity index (χ2n) is 13.4. The summed E-state index contributed by atoms with van der Waals surface area (Å²) in [6.45, 7) is 18.3. The van der Waals surface area contributed by atoms with Crippen molar-refractivity contribution in [3.05, 3.63) is 119 Å². The molecule has 4 N–H and O–H groups in total. The quantitative estimate of drug-likeness (QED) is 0.176. The number of rotatable bonds is 8. The van der Waals surface area contributed by atoms with E-state index in [0.29, 0.717) is 0 Å². The fourth-order valence-electron chi connectivity index (χ4n) is 9.07. The van der Waals surface area contributed by atoms with Crippen molar-refractivity contribution in [2.24, 2.45) is 5.41 Å². The summed E-state index contributed by atoms with van der Waals surface area (Å²) in [5.41, 5.74) is 1.43. The van der Waals surface area contributed by atoms with Crippen LogP contribution in [0.1, 0.15) is 77.6 Å². The van der Waals surface area contributed by atoms with E-state index in [1.165, 1.54) is 0 Å². The average Bonchev–Trinajstić information content (AvgIpc) is 2.89. The zero-order chi connectivity index (χ0) is 30.4. The summed E-state index contributed by atoms with van der Waals surface area (Å²) in [5, 5.41) is 41.0. The summed E-state index contributed by atoms with van der Waals surface area (Å²) < 4.78 is 0. The number of hydrogen-bond donors (Lipinski definition) is 4. The minimum Gasteiger partial charge on any atom is -0.508 e. The fourth-order valence-corrected chi connectivity index (χ4v) is 9.07. The van der Waals surface area contributed by atoms with Gasteiger partial charge in [0.1, 0.15) is 23.0 Å². The third-order valence-electron chi connectivity index (χ3n) is 10.1. The van der Waals surface area contributed by atoms with Crippen LogP contribution in [0.15, 0.2) is 97.1 Å². The fraction of sp³-hybridized carbons (Fsp3) is 0.351. The lowest BCUT2D eigenvalue weighted by Gasteiger charge is -2.71. The van der Waals surface area contributed by atoms with Gasteiger partial charge >= 0.3 is 0 Å². The van der Waals surface area contributed by atoms with Gasteiger partial charge < -0.3 is 20.4 Å². The van der Waals surface area contributed by atoms with Gasteiger partial charge in [-0.25, -0.2) is 0 Å². The standard InChI is InChI=1S/C37H44O4/c1-33(2,25-9-17-29(38)18-10-25)37(34(3,4)26-11-19-30(39)20-12-26,35(5,6)27-13-21-31(40)22-14-27)36(7,8)28-15-23-32(41)24-16-28/h9-24,38-41H,1-8H3. The zero-order valence-electron chi connectivity index (χ0n) is 25.5. The molecule has 0 heterocycles.